The van der Waals surface area contributed by atoms with Crippen LogP contribution in [0.15, 0.2) is 206 Å². The lowest BCUT2D eigenvalue weighted by atomic mass is 9.55. The van der Waals surface area contributed by atoms with E-state index in [9.17, 15) is 0 Å². The van der Waals surface area contributed by atoms with Gasteiger partial charge in [0.2, 0.25) is 0 Å². The fraction of sp³-hybridized carbons (Fsp3) is 0.152. The fourth-order valence-corrected chi connectivity index (χ4v) is 22.5. The lowest BCUT2D eigenvalue weighted by Gasteiger charge is -2.54. The molecule has 6 nitrogen and oxygen atoms in total. The van der Waals surface area contributed by atoms with Crippen molar-refractivity contribution in [2.75, 3.05) is 38.2 Å². The van der Waals surface area contributed by atoms with Crippen molar-refractivity contribution in [3.63, 3.8) is 0 Å². The zero-order valence-corrected chi connectivity index (χ0v) is 47.6. The van der Waals surface area contributed by atoms with Crippen molar-refractivity contribution in [3.8, 4) is 23.0 Å². The normalized spacial score (nSPS) is 15.3. The minimum absolute atomic E-state index is 0.728. The second-order valence-electron chi connectivity index (χ2n) is 21.1. The second kappa shape index (κ2) is 18.0. The van der Waals surface area contributed by atoms with Gasteiger partial charge < -0.3 is 28.7 Å². The molecule has 10 aromatic rings. The molecule has 2 spiro atoms. The molecule has 10 heteroatoms. The summed E-state index contributed by atoms with van der Waals surface area (Å²) in [7, 11) is 2.32. The number of anilines is 6. The van der Waals surface area contributed by atoms with Crippen LogP contribution in [-0.2, 0) is 10.8 Å². The van der Waals surface area contributed by atoms with Gasteiger partial charge in [0.25, 0.3) is 0 Å². The van der Waals surface area contributed by atoms with Gasteiger partial charge in [-0.25, -0.2) is 0 Å². The molecule has 0 N–H and O–H groups in total. The van der Waals surface area contributed by atoms with Crippen molar-refractivity contribution in [1.82, 2.24) is 0 Å². The molecular weight excluding hydrogens is 1010 g/mol. The van der Waals surface area contributed by atoms with E-state index in [1.54, 1.807) is 28.4 Å². The molecule has 2 aliphatic heterocycles. The van der Waals surface area contributed by atoms with E-state index < -0.39 is 27.0 Å². The first-order valence-corrected chi connectivity index (χ1v) is 33.5. The Morgan fingerprint density at radius 1 is 0.316 bits per heavy atom. The zero-order chi connectivity index (χ0) is 52.1. The molecular formula is C66H58N2O4S2Si2. The SMILES string of the molecule is COc1ccc(N(c2ccc(OC)cc2)c2cc3c(s2)C2(c4ccccc4[Si](C)(C)c4ccccc42)c2cc(N(c4ccc(OC)cc4)c4ccc(OC)cc4)sc2C32c3ccccc3[Si](C)(C)c3ccccc32)cc1. The third kappa shape index (κ3) is 6.80. The first-order chi connectivity index (χ1) is 37.0. The molecule has 13 rings (SSSR count). The number of rotatable bonds is 10. The molecule has 8 aromatic carbocycles. The smallest absolute Gasteiger partial charge is 0.119 e. The van der Waals surface area contributed by atoms with Gasteiger partial charge in [-0.2, -0.15) is 0 Å². The number of hydrogen-bond donors (Lipinski definition) is 0. The minimum Gasteiger partial charge on any atom is -0.497 e. The van der Waals surface area contributed by atoms with Crippen LogP contribution in [0.1, 0.15) is 43.1 Å². The van der Waals surface area contributed by atoms with Crippen LogP contribution < -0.4 is 49.5 Å². The molecule has 0 bridgehead atoms. The Kier molecular flexibility index (Phi) is 11.4. The highest BCUT2D eigenvalue weighted by molar-refractivity contribution is 7.18. The number of hydrogen-bond acceptors (Lipinski definition) is 8. The molecule has 76 heavy (non-hydrogen) atoms. The van der Waals surface area contributed by atoms with Crippen molar-refractivity contribution in [1.29, 1.82) is 0 Å². The number of nitrogens with zero attached hydrogens (tertiary/aromatic N) is 2. The Balaban J connectivity index is 1.23. The van der Waals surface area contributed by atoms with Gasteiger partial charge in [-0.15, -0.1) is 22.7 Å². The third-order valence-corrected chi connectivity index (χ3v) is 26.3. The van der Waals surface area contributed by atoms with Crippen molar-refractivity contribution in [2.24, 2.45) is 0 Å². The fourth-order valence-electron chi connectivity index (χ4n) is 13.1. The lowest BCUT2D eigenvalue weighted by Crippen LogP contribution is -2.66. The van der Waals surface area contributed by atoms with E-state index in [0.29, 0.717) is 0 Å². The van der Waals surface area contributed by atoms with Crippen molar-refractivity contribution < 1.29 is 18.9 Å². The van der Waals surface area contributed by atoms with Crippen LogP contribution in [0.3, 0.4) is 0 Å². The largest absolute Gasteiger partial charge is 0.497 e. The third-order valence-electron chi connectivity index (χ3n) is 16.7. The van der Waals surface area contributed by atoms with Crippen molar-refractivity contribution in [3.05, 3.63) is 249 Å². The average molecular weight is 1060 g/mol. The number of thiophene rings is 2. The van der Waals surface area contributed by atoms with Gasteiger partial charge in [0.1, 0.15) is 49.1 Å². The summed E-state index contributed by atoms with van der Waals surface area (Å²) >= 11 is 3.88. The highest BCUT2D eigenvalue weighted by Crippen LogP contribution is 2.67. The molecule has 4 heterocycles. The number of benzene rings is 8. The molecule has 0 atom stereocenters. The van der Waals surface area contributed by atoms with Gasteiger partial charge >= 0.3 is 0 Å². The van der Waals surface area contributed by atoms with Crippen LogP contribution in [-0.4, -0.2) is 44.6 Å². The average Bonchev–Trinajstić information content (AvgIpc) is 4.15. The minimum atomic E-state index is -2.30. The van der Waals surface area contributed by atoms with Crippen LogP contribution in [0, 0.1) is 0 Å². The zero-order valence-electron chi connectivity index (χ0n) is 44.0. The number of ether oxygens (including phenoxy) is 4. The maximum atomic E-state index is 5.77. The van der Waals surface area contributed by atoms with Gasteiger partial charge in [-0.3, -0.25) is 0 Å². The maximum absolute atomic E-state index is 5.77. The van der Waals surface area contributed by atoms with E-state index in [1.807, 2.05) is 22.7 Å². The lowest BCUT2D eigenvalue weighted by molar-refractivity contribution is 0.414. The Hall–Kier alpha value is -7.61. The molecule has 0 saturated carbocycles. The van der Waals surface area contributed by atoms with E-state index in [2.05, 4.69) is 242 Å². The second-order valence-corrected chi connectivity index (χ2v) is 31.8. The Labute approximate surface area is 456 Å². The molecule has 2 aromatic heterocycles. The van der Waals surface area contributed by atoms with Crippen LogP contribution in [0.5, 0.6) is 23.0 Å². The van der Waals surface area contributed by atoms with Gasteiger partial charge in [0.15, 0.2) is 0 Å². The van der Waals surface area contributed by atoms with Gasteiger partial charge in [-0.05, 0) is 163 Å². The first-order valence-electron chi connectivity index (χ1n) is 25.9. The molecule has 1 aliphatic carbocycles. The Morgan fingerprint density at radius 3 is 0.789 bits per heavy atom. The molecule has 0 saturated heterocycles. The van der Waals surface area contributed by atoms with Gasteiger partial charge in [-0.1, -0.05) is 123 Å². The summed E-state index contributed by atoms with van der Waals surface area (Å²) in [5.74, 6) is 3.24. The highest BCUT2D eigenvalue weighted by atomic mass is 32.1. The summed E-state index contributed by atoms with van der Waals surface area (Å²) in [5, 5.41) is 8.11. The quantitative estimate of drug-likeness (QED) is 0.127. The van der Waals surface area contributed by atoms with Crippen molar-refractivity contribution >= 4 is 92.3 Å². The molecule has 3 aliphatic rings. The predicted molar refractivity (Wildman–Crippen MR) is 321 cm³/mol. The molecule has 0 fully saturated rings. The molecule has 0 unspecified atom stereocenters. The monoisotopic (exact) mass is 1060 g/mol. The van der Waals surface area contributed by atoms with Crippen LogP contribution in [0.4, 0.5) is 32.8 Å². The maximum Gasteiger partial charge on any atom is 0.119 e. The topological polar surface area (TPSA) is 43.4 Å². The molecule has 376 valence electrons. The molecule has 0 amide bonds. The summed E-state index contributed by atoms with van der Waals surface area (Å²) in [6, 6.07) is 77.1. The van der Waals surface area contributed by atoms with E-state index in [-0.39, 0.29) is 0 Å². The number of methoxy groups -OCH3 is 4. The van der Waals surface area contributed by atoms with Crippen molar-refractivity contribution in [2.45, 2.75) is 37.0 Å². The summed E-state index contributed by atoms with van der Waals surface area (Å²) < 4.78 is 23.1. The Bertz CT molecular complexity index is 3350. The van der Waals surface area contributed by atoms with E-state index in [1.165, 1.54) is 63.9 Å². The number of fused-ring (bicyclic) bond motifs is 14. The Morgan fingerprint density at radius 2 is 0.553 bits per heavy atom. The van der Waals surface area contributed by atoms with E-state index in [4.69, 9.17) is 18.9 Å². The van der Waals surface area contributed by atoms with Gasteiger partial charge in [0, 0.05) is 32.5 Å². The van der Waals surface area contributed by atoms with Crippen LogP contribution in [0.25, 0.3) is 0 Å². The van der Waals surface area contributed by atoms with Crippen LogP contribution >= 0.6 is 22.7 Å². The van der Waals surface area contributed by atoms with Gasteiger partial charge in [0.05, 0.1) is 39.3 Å². The summed E-state index contributed by atoms with van der Waals surface area (Å²) in [5.41, 5.74) is 10.8. The van der Waals surface area contributed by atoms with E-state index in [0.717, 1.165) is 55.7 Å². The summed E-state index contributed by atoms with van der Waals surface area (Å²) in [6.07, 6.45) is 0. The summed E-state index contributed by atoms with van der Waals surface area (Å²) in [4.78, 5) is 7.55. The van der Waals surface area contributed by atoms with E-state index >= 15 is 0 Å². The highest BCUT2D eigenvalue weighted by Gasteiger charge is 2.63. The summed E-state index contributed by atoms with van der Waals surface area (Å²) in [6.45, 7) is 10.2. The van der Waals surface area contributed by atoms with Crippen LogP contribution in [0.2, 0.25) is 26.2 Å². The first kappa shape index (κ1) is 48.1. The predicted octanol–water partition coefficient (Wildman–Crippen LogP) is 14.1. The standard InChI is InChI=1S/C66H58N2O4S2Si2/c1-69-47-33-25-43(26-34-47)67(44-27-35-48(70-2)36-28-44)61-41-55-63(73-61)66(53-19-11-15-23-59(53)76(7,8)60-24-16-12-20-54(60)66)56-42-62(68(45-29-37-49(71-3)38-30-45)46-31-39-50(72-4)40-32-46)74-64(56)65(55)51-17-9-13-21-57(51)75(5,6)58-22-14-10-18-52(58)65/h9-42H,1-8H3. The molecule has 0 radical (unpaired) electrons.